The molecular weight excluding hydrogens is 348 g/mol. The van der Waals surface area contributed by atoms with Gasteiger partial charge >= 0.3 is 0 Å². The fraction of sp³-hybridized carbons (Fsp3) is 0.0625. The van der Waals surface area contributed by atoms with Crippen molar-refractivity contribution in [2.45, 2.75) is 0 Å². The molecule has 9 heteroatoms. The van der Waals surface area contributed by atoms with Crippen molar-refractivity contribution in [2.75, 3.05) is 6.61 Å². The summed E-state index contributed by atoms with van der Waals surface area (Å²) < 4.78 is 5.23. The Morgan fingerprint density at radius 2 is 2.08 bits per heavy atom. The number of ether oxygens (including phenoxy) is 1. The number of nitrogens with zero attached hydrogens (tertiary/aromatic N) is 3. The first-order valence-corrected chi connectivity index (χ1v) is 7.26. The van der Waals surface area contributed by atoms with Crippen LogP contribution in [0.15, 0.2) is 47.6 Å². The molecule has 2 aromatic carbocycles. The van der Waals surface area contributed by atoms with Gasteiger partial charge in [0.05, 0.1) is 22.8 Å². The summed E-state index contributed by atoms with van der Waals surface area (Å²) >= 11 is 5.91. The number of non-ortho nitro benzene ring substituents is 1. The van der Waals surface area contributed by atoms with Gasteiger partial charge in [0.1, 0.15) is 5.75 Å². The van der Waals surface area contributed by atoms with Gasteiger partial charge in [-0.3, -0.25) is 14.9 Å². The number of halogens is 1. The van der Waals surface area contributed by atoms with E-state index in [1.54, 1.807) is 24.3 Å². The number of rotatable bonds is 6. The molecule has 0 aliphatic carbocycles. The predicted molar refractivity (Wildman–Crippen MR) is 90.5 cm³/mol. The van der Waals surface area contributed by atoms with Crippen molar-refractivity contribution in [3.05, 3.63) is 68.7 Å². The van der Waals surface area contributed by atoms with Gasteiger partial charge in [0.15, 0.2) is 6.61 Å². The summed E-state index contributed by atoms with van der Waals surface area (Å²) in [7, 11) is 0. The van der Waals surface area contributed by atoms with Crippen LogP contribution < -0.4 is 10.2 Å². The minimum absolute atomic E-state index is 0.138. The lowest BCUT2D eigenvalue weighted by Crippen LogP contribution is -2.24. The second-order valence-electron chi connectivity index (χ2n) is 4.68. The molecule has 0 heterocycles. The Bertz CT molecular complexity index is 859. The second-order valence-corrected chi connectivity index (χ2v) is 5.09. The molecule has 0 aliphatic heterocycles. The number of nitriles is 1. The number of nitro groups is 1. The highest BCUT2D eigenvalue weighted by Crippen LogP contribution is 2.20. The van der Waals surface area contributed by atoms with Crippen LogP contribution in [0.2, 0.25) is 5.02 Å². The van der Waals surface area contributed by atoms with Crippen LogP contribution in [-0.2, 0) is 4.79 Å². The summed E-state index contributed by atoms with van der Waals surface area (Å²) in [4.78, 5) is 21.8. The van der Waals surface area contributed by atoms with Crippen molar-refractivity contribution in [3.8, 4) is 11.8 Å². The summed E-state index contributed by atoms with van der Waals surface area (Å²) in [5, 5.41) is 23.4. The van der Waals surface area contributed by atoms with E-state index in [2.05, 4.69) is 10.5 Å². The lowest BCUT2D eigenvalue weighted by atomic mass is 10.2. The van der Waals surface area contributed by atoms with E-state index in [1.807, 2.05) is 6.07 Å². The van der Waals surface area contributed by atoms with Crippen LogP contribution in [0.3, 0.4) is 0 Å². The first-order chi connectivity index (χ1) is 12.0. The third-order valence-electron chi connectivity index (χ3n) is 2.94. The smallest absolute Gasteiger partial charge is 0.277 e. The number of carbonyl (C=O) groups is 1. The van der Waals surface area contributed by atoms with E-state index in [-0.39, 0.29) is 17.3 Å². The lowest BCUT2D eigenvalue weighted by molar-refractivity contribution is -0.384. The van der Waals surface area contributed by atoms with Gasteiger partial charge in [-0.25, -0.2) is 5.43 Å². The summed E-state index contributed by atoms with van der Waals surface area (Å²) in [6.45, 7) is -0.286. The average molecular weight is 359 g/mol. The van der Waals surface area contributed by atoms with Crippen molar-refractivity contribution < 1.29 is 14.5 Å². The first-order valence-electron chi connectivity index (χ1n) is 6.88. The van der Waals surface area contributed by atoms with Crippen LogP contribution in [0.5, 0.6) is 5.75 Å². The maximum atomic E-state index is 11.6. The van der Waals surface area contributed by atoms with Crippen molar-refractivity contribution in [2.24, 2.45) is 5.10 Å². The quantitative estimate of drug-likeness (QED) is 0.484. The molecule has 1 N–H and O–H groups in total. The van der Waals surface area contributed by atoms with Crippen molar-refractivity contribution in [1.82, 2.24) is 5.43 Å². The maximum Gasteiger partial charge on any atom is 0.277 e. The normalized spacial score (nSPS) is 10.2. The molecule has 0 bridgehead atoms. The van der Waals surface area contributed by atoms with Crippen LogP contribution in [0.1, 0.15) is 11.1 Å². The number of benzene rings is 2. The van der Waals surface area contributed by atoms with Crippen LogP contribution in [0.4, 0.5) is 5.69 Å². The van der Waals surface area contributed by atoms with Crippen LogP contribution in [0, 0.1) is 21.4 Å². The highest BCUT2D eigenvalue weighted by Gasteiger charge is 2.08. The van der Waals surface area contributed by atoms with E-state index in [4.69, 9.17) is 21.6 Å². The van der Waals surface area contributed by atoms with Gasteiger partial charge in [0, 0.05) is 22.7 Å². The van der Waals surface area contributed by atoms with Gasteiger partial charge in [0.2, 0.25) is 0 Å². The fourth-order valence-electron chi connectivity index (χ4n) is 1.72. The zero-order valence-electron chi connectivity index (χ0n) is 12.7. The highest BCUT2D eigenvalue weighted by atomic mass is 35.5. The third-order valence-corrected chi connectivity index (χ3v) is 3.28. The van der Waals surface area contributed by atoms with E-state index in [0.717, 1.165) is 0 Å². The van der Waals surface area contributed by atoms with E-state index in [9.17, 15) is 14.9 Å². The van der Waals surface area contributed by atoms with Crippen LogP contribution in [-0.4, -0.2) is 23.7 Å². The SMILES string of the molecule is N#Cc1ccc(OCC(=O)N/N=C\c2cc([N+](=O)[O-])ccc2Cl)cc1. The van der Waals surface area contributed by atoms with Crippen molar-refractivity contribution in [1.29, 1.82) is 5.26 Å². The standard InChI is InChI=1S/C16H11ClN4O4/c17-15-6-3-13(21(23)24)7-12(15)9-19-20-16(22)10-25-14-4-1-11(8-18)2-5-14/h1-7,9H,10H2,(H,20,22)/b19-9-. The molecule has 8 nitrogen and oxygen atoms in total. The summed E-state index contributed by atoms with van der Waals surface area (Å²) in [5.41, 5.74) is 2.86. The monoisotopic (exact) mass is 358 g/mol. The van der Waals surface area contributed by atoms with E-state index in [1.165, 1.54) is 24.4 Å². The Morgan fingerprint density at radius 1 is 1.36 bits per heavy atom. The van der Waals surface area contributed by atoms with Crippen LogP contribution in [0.25, 0.3) is 0 Å². The molecule has 0 saturated carbocycles. The molecule has 0 radical (unpaired) electrons. The molecule has 0 spiro atoms. The second kappa shape index (κ2) is 8.42. The third kappa shape index (κ3) is 5.30. The molecule has 2 aromatic rings. The van der Waals surface area contributed by atoms with E-state index >= 15 is 0 Å². The summed E-state index contributed by atoms with van der Waals surface area (Å²) in [6.07, 6.45) is 1.20. The number of amides is 1. The number of carbonyl (C=O) groups excluding carboxylic acids is 1. The Morgan fingerprint density at radius 3 is 2.72 bits per heavy atom. The van der Waals surface area contributed by atoms with Crippen molar-refractivity contribution >= 4 is 29.4 Å². The Balaban J connectivity index is 1.89. The van der Waals surface area contributed by atoms with Gasteiger partial charge in [-0.1, -0.05) is 11.6 Å². The van der Waals surface area contributed by atoms with Gasteiger partial charge in [-0.2, -0.15) is 10.4 Å². The molecule has 0 aromatic heterocycles. The van der Waals surface area contributed by atoms with Gasteiger partial charge in [-0.15, -0.1) is 0 Å². The minimum atomic E-state index is -0.558. The fourth-order valence-corrected chi connectivity index (χ4v) is 1.89. The largest absolute Gasteiger partial charge is 0.484 e. The Labute approximate surface area is 147 Å². The number of hydrogen-bond donors (Lipinski definition) is 1. The topological polar surface area (TPSA) is 118 Å². The number of nitrogens with one attached hydrogen (secondary N) is 1. The number of hydrogen-bond acceptors (Lipinski definition) is 6. The molecule has 1 amide bonds. The van der Waals surface area contributed by atoms with Crippen LogP contribution >= 0.6 is 11.6 Å². The molecule has 0 fully saturated rings. The Hall–Kier alpha value is -3.44. The van der Waals surface area contributed by atoms with Gasteiger partial charge in [0.25, 0.3) is 11.6 Å². The average Bonchev–Trinajstić information content (AvgIpc) is 2.61. The summed E-state index contributed by atoms with van der Waals surface area (Å²) in [5.74, 6) is -0.0954. The molecule has 126 valence electrons. The molecule has 25 heavy (non-hydrogen) atoms. The molecular formula is C16H11ClN4O4. The molecule has 0 atom stereocenters. The molecule has 0 saturated heterocycles. The molecule has 0 unspecified atom stereocenters. The summed E-state index contributed by atoms with van der Waals surface area (Å²) in [6, 6.07) is 12.1. The first kappa shape index (κ1) is 17.9. The number of hydrazone groups is 1. The van der Waals surface area contributed by atoms with Gasteiger partial charge in [-0.05, 0) is 30.3 Å². The minimum Gasteiger partial charge on any atom is -0.484 e. The van der Waals surface area contributed by atoms with Crippen molar-refractivity contribution in [3.63, 3.8) is 0 Å². The number of nitro benzene ring substituents is 1. The lowest BCUT2D eigenvalue weighted by Gasteiger charge is -2.04. The molecule has 2 rings (SSSR count). The van der Waals surface area contributed by atoms with Gasteiger partial charge < -0.3 is 4.74 Å². The molecule has 0 aliphatic rings. The zero-order chi connectivity index (χ0) is 18.2. The predicted octanol–water partition coefficient (Wildman–Crippen LogP) is 2.65. The zero-order valence-corrected chi connectivity index (χ0v) is 13.4. The van der Waals surface area contributed by atoms with E-state index in [0.29, 0.717) is 16.9 Å². The Kier molecular flexibility index (Phi) is 6.03. The van der Waals surface area contributed by atoms with E-state index < -0.39 is 10.8 Å². The highest BCUT2D eigenvalue weighted by molar-refractivity contribution is 6.33. The maximum absolute atomic E-state index is 11.6.